The third-order valence-electron chi connectivity index (χ3n) is 3.66. The van der Waals surface area contributed by atoms with Crippen LogP contribution in [0.15, 0.2) is 29.6 Å². The number of nitrogens with zero attached hydrogens (tertiary/aromatic N) is 3. The van der Waals surface area contributed by atoms with Gasteiger partial charge in [0.1, 0.15) is 5.69 Å². The molecular weight excluding hydrogens is 334 g/mol. The van der Waals surface area contributed by atoms with Crippen LogP contribution in [0.1, 0.15) is 33.0 Å². The number of nitrogens with one attached hydrogen (secondary N) is 2. The molecule has 0 radical (unpaired) electrons. The number of carbonyl (C=O) groups excluding carboxylic acids is 1. The standard InChI is InChI=1S/C18H19N5OS/c1-10-6-5-7-11(2)15(10)22-16(24)14-9-25-18(21-14)23-17-19-12(3)8-13(4)20-17/h5-9H,1-4H3,(H,22,24)(H,19,20,21,23). The number of benzene rings is 1. The van der Waals surface area contributed by atoms with E-state index in [2.05, 4.69) is 25.6 Å². The average Bonchev–Trinajstić information content (AvgIpc) is 2.98. The zero-order valence-electron chi connectivity index (χ0n) is 14.5. The van der Waals surface area contributed by atoms with Gasteiger partial charge in [0.05, 0.1) is 0 Å². The summed E-state index contributed by atoms with van der Waals surface area (Å²) in [5.74, 6) is 0.247. The number of para-hydroxylation sites is 1. The number of aromatic nitrogens is 3. The van der Waals surface area contributed by atoms with E-state index in [0.717, 1.165) is 28.2 Å². The van der Waals surface area contributed by atoms with Crippen molar-refractivity contribution in [3.05, 3.63) is 57.9 Å². The fourth-order valence-corrected chi connectivity index (χ4v) is 3.19. The molecule has 0 atom stereocenters. The number of amides is 1. The molecule has 0 saturated heterocycles. The van der Waals surface area contributed by atoms with Gasteiger partial charge in [0, 0.05) is 22.5 Å². The van der Waals surface area contributed by atoms with Gasteiger partial charge >= 0.3 is 0 Å². The molecule has 0 bridgehead atoms. The van der Waals surface area contributed by atoms with E-state index in [1.165, 1.54) is 11.3 Å². The maximum atomic E-state index is 12.5. The van der Waals surface area contributed by atoms with Gasteiger partial charge in [0.2, 0.25) is 5.95 Å². The Morgan fingerprint density at radius 3 is 2.28 bits per heavy atom. The molecule has 0 spiro atoms. The van der Waals surface area contributed by atoms with Gasteiger partial charge in [0.25, 0.3) is 5.91 Å². The number of rotatable bonds is 4. The van der Waals surface area contributed by atoms with Gasteiger partial charge in [-0.1, -0.05) is 18.2 Å². The summed E-state index contributed by atoms with van der Waals surface area (Å²) in [5, 5.41) is 8.29. The first kappa shape index (κ1) is 17.0. The molecule has 7 heteroatoms. The lowest BCUT2D eigenvalue weighted by atomic mass is 10.1. The first-order chi connectivity index (χ1) is 11.9. The van der Waals surface area contributed by atoms with Crippen LogP contribution >= 0.6 is 11.3 Å². The molecule has 0 fully saturated rings. The van der Waals surface area contributed by atoms with Crippen LogP contribution in [0, 0.1) is 27.7 Å². The van der Waals surface area contributed by atoms with Gasteiger partial charge < -0.3 is 10.6 Å². The van der Waals surface area contributed by atoms with Crippen molar-refractivity contribution in [2.45, 2.75) is 27.7 Å². The monoisotopic (exact) mass is 353 g/mol. The number of hydrogen-bond donors (Lipinski definition) is 2. The van der Waals surface area contributed by atoms with Crippen LogP contribution in [-0.4, -0.2) is 20.9 Å². The fraction of sp³-hybridized carbons (Fsp3) is 0.222. The van der Waals surface area contributed by atoms with Crippen molar-refractivity contribution in [3.8, 4) is 0 Å². The maximum absolute atomic E-state index is 12.5. The van der Waals surface area contributed by atoms with E-state index in [1.54, 1.807) is 5.38 Å². The van der Waals surface area contributed by atoms with Crippen LogP contribution in [0.4, 0.5) is 16.8 Å². The summed E-state index contributed by atoms with van der Waals surface area (Å²) in [6.45, 7) is 7.75. The molecular formula is C18H19N5OS. The Kier molecular flexibility index (Phi) is 4.76. The normalized spacial score (nSPS) is 10.6. The highest BCUT2D eigenvalue weighted by Crippen LogP contribution is 2.23. The second-order valence-electron chi connectivity index (χ2n) is 5.86. The second-order valence-corrected chi connectivity index (χ2v) is 6.72. The summed E-state index contributed by atoms with van der Waals surface area (Å²) < 4.78 is 0. The lowest BCUT2D eigenvalue weighted by molar-refractivity contribution is 0.102. The summed E-state index contributed by atoms with van der Waals surface area (Å²) in [4.78, 5) is 25.4. The van der Waals surface area contributed by atoms with Crippen molar-refractivity contribution in [2.75, 3.05) is 10.6 Å². The molecule has 25 heavy (non-hydrogen) atoms. The Morgan fingerprint density at radius 1 is 1.00 bits per heavy atom. The Balaban J connectivity index is 1.75. The third-order valence-corrected chi connectivity index (χ3v) is 4.42. The van der Waals surface area contributed by atoms with Crippen molar-refractivity contribution in [1.82, 2.24) is 15.0 Å². The quantitative estimate of drug-likeness (QED) is 0.736. The van der Waals surface area contributed by atoms with Gasteiger partial charge in [-0.2, -0.15) is 0 Å². The molecule has 3 aromatic rings. The van der Waals surface area contributed by atoms with E-state index in [1.807, 2.05) is 52.0 Å². The van der Waals surface area contributed by atoms with Gasteiger partial charge in [0.15, 0.2) is 5.13 Å². The summed E-state index contributed by atoms with van der Waals surface area (Å²) in [5.41, 5.74) is 4.97. The van der Waals surface area contributed by atoms with Crippen molar-refractivity contribution < 1.29 is 4.79 Å². The topological polar surface area (TPSA) is 79.8 Å². The molecule has 0 aliphatic carbocycles. The van der Waals surface area contributed by atoms with E-state index in [0.29, 0.717) is 16.8 Å². The second kappa shape index (κ2) is 6.98. The Labute approximate surface area is 150 Å². The van der Waals surface area contributed by atoms with Crippen LogP contribution in [0.3, 0.4) is 0 Å². The smallest absolute Gasteiger partial charge is 0.275 e. The van der Waals surface area contributed by atoms with E-state index in [-0.39, 0.29) is 5.91 Å². The van der Waals surface area contributed by atoms with E-state index in [9.17, 15) is 4.79 Å². The minimum Gasteiger partial charge on any atom is -0.320 e. The molecule has 2 heterocycles. The van der Waals surface area contributed by atoms with Crippen molar-refractivity contribution >= 4 is 34.0 Å². The minimum absolute atomic E-state index is 0.233. The number of hydrogen-bond acceptors (Lipinski definition) is 6. The number of anilines is 3. The number of aryl methyl sites for hydroxylation is 4. The Hall–Kier alpha value is -2.80. The summed E-state index contributed by atoms with van der Waals surface area (Å²) in [6, 6.07) is 7.80. The number of thiazole rings is 1. The zero-order valence-corrected chi connectivity index (χ0v) is 15.4. The predicted octanol–water partition coefficient (Wildman–Crippen LogP) is 4.16. The van der Waals surface area contributed by atoms with Gasteiger partial charge in [-0.05, 0) is 44.9 Å². The molecule has 0 unspecified atom stereocenters. The van der Waals surface area contributed by atoms with E-state index < -0.39 is 0 Å². The summed E-state index contributed by atoms with van der Waals surface area (Å²) in [7, 11) is 0. The van der Waals surface area contributed by atoms with Crippen LogP contribution in [0.2, 0.25) is 0 Å². The molecule has 1 aromatic carbocycles. The van der Waals surface area contributed by atoms with Crippen molar-refractivity contribution in [1.29, 1.82) is 0 Å². The molecule has 1 amide bonds. The highest BCUT2D eigenvalue weighted by molar-refractivity contribution is 7.14. The summed E-state index contributed by atoms with van der Waals surface area (Å²) in [6.07, 6.45) is 0. The van der Waals surface area contributed by atoms with E-state index in [4.69, 9.17) is 0 Å². The Bertz CT molecular complexity index is 894. The molecule has 0 aliphatic heterocycles. The average molecular weight is 353 g/mol. The first-order valence-electron chi connectivity index (χ1n) is 7.85. The lowest BCUT2D eigenvalue weighted by Gasteiger charge is -2.10. The van der Waals surface area contributed by atoms with Crippen LogP contribution in [-0.2, 0) is 0 Å². The number of carbonyl (C=O) groups is 1. The van der Waals surface area contributed by atoms with Gasteiger partial charge in [-0.3, -0.25) is 4.79 Å². The largest absolute Gasteiger partial charge is 0.320 e. The maximum Gasteiger partial charge on any atom is 0.275 e. The Morgan fingerprint density at radius 2 is 1.64 bits per heavy atom. The molecule has 2 aromatic heterocycles. The minimum atomic E-state index is -0.233. The molecule has 3 rings (SSSR count). The predicted molar refractivity (Wildman–Crippen MR) is 101 cm³/mol. The van der Waals surface area contributed by atoms with Crippen LogP contribution in [0.5, 0.6) is 0 Å². The molecule has 0 saturated carbocycles. The first-order valence-corrected chi connectivity index (χ1v) is 8.73. The highest BCUT2D eigenvalue weighted by Gasteiger charge is 2.14. The van der Waals surface area contributed by atoms with Gasteiger partial charge in [-0.15, -0.1) is 11.3 Å². The fourth-order valence-electron chi connectivity index (χ4n) is 2.50. The lowest BCUT2D eigenvalue weighted by Crippen LogP contribution is -2.14. The molecule has 2 N–H and O–H groups in total. The molecule has 0 aliphatic rings. The van der Waals surface area contributed by atoms with Crippen LogP contribution in [0.25, 0.3) is 0 Å². The van der Waals surface area contributed by atoms with Crippen molar-refractivity contribution in [3.63, 3.8) is 0 Å². The van der Waals surface area contributed by atoms with Crippen LogP contribution < -0.4 is 10.6 Å². The molecule has 128 valence electrons. The summed E-state index contributed by atoms with van der Waals surface area (Å²) >= 11 is 1.34. The highest BCUT2D eigenvalue weighted by atomic mass is 32.1. The van der Waals surface area contributed by atoms with Crippen molar-refractivity contribution in [2.24, 2.45) is 0 Å². The third kappa shape index (κ3) is 4.00. The SMILES string of the molecule is Cc1cc(C)nc(Nc2nc(C(=O)Nc3c(C)cccc3C)cs2)n1. The molecule has 6 nitrogen and oxygen atoms in total. The zero-order chi connectivity index (χ0) is 18.0. The van der Waals surface area contributed by atoms with Gasteiger partial charge in [-0.25, -0.2) is 15.0 Å². The van der Waals surface area contributed by atoms with E-state index >= 15 is 0 Å².